The van der Waals surface area contributed by atoms with Gasteiger partial charge in [-0.05, 0) is 43.1 Å². The van der Waals surface area contributed by atoms with E-state index in [4.69, 9.17) is 0 Å². The zero-order valence-electron chi connectivity index (χ0n) is 8.97. The van der Waals surface area contributed by atoms with Gasteiger partial charge in [-0.15, -0.1) is 0 Å². The topological polar surface area (TPSA) is 32.3 Å². The number of halogens is 2. The second kappa shape index (κ2) is 4.82. The predicted octanol–water partition coefficient (Wildman–Crippen LogP) is 2.25. The van der Waals surface area contributed by atoms with Gasteiger partial charge in [-0.2, -0.15) is 0 Å². The summed E-state index contributed by atoms with van der Waals surface area (Å²) in [5.41, 5.74) is 0.101. The smallest absolute Gasteiger partial charge is 0.124 e. The van der Waals surface area contributed by atoms with Crippen molar-refractivity contribution in [2.24, 2.45) is 0 Å². The van der Waals surface area contributed by atoms with E-state index in [9.17, 15) is 9.50 Å². The molecule has 0 aliphatic carbocycles. The van der Waals surface area contributed by atoms with Crippen LogP contribution in [0.1, 0.15) is 18.4 Å². The Hall–Kier alpha value is -0.450. The number of piperidine rings is 1. The molecular weight excluding hydrogens is 273 g/mol. The maximum atomic E-state index is 13.2. The lowest BCUT2D eigenvalue weighted by Crippen LogP contribution is -2.47. The lowest BCUT2D eigenvalue weighted by atomic mass is 9.87. The molecule has 1 aromatic rings. The molecule has 16 heavy (non-hydrogen) atoms. The highest BCUT2D eigenvalue weighted by Gasteiger charge is 2.29. The van der Waals surface area contributed by atoms with E-state index >= 15 is 0 Å². The minimum atomic E-state index is -0.731. The van der Waals surface area contributed by atoms with Crippen LogP contribution in [0.15, 0.2) is 22.7 Å². The minimum absolute atomic E-state index is 0.267. The van der Waals surface area contributed by atoms with E-state index < -0.39 is 5.60 Å². The van der Waals surface area contributed by atoms with Crippen LogP contribution in [0.2, 0.25) is 0 Å². The Morgan fingerprint density at radius 1 is 1.44 bits per heavy atom. The Balaban J connectivity index is 2.13. The summed E-state index contributed by atoms with van der Waals surface area (Å²) in [6.07, 6.45) is 2.23. The van der Waals surface area contributed by atoms with E-state index in [1.54, 1.807) is 0 Å². The van der Waals surface area contributed by atoms with Crippen molar-refractivity contribution in [3.8, 4) is 0 Å². The number of rotatable bonds is 2. The Labute approximate surface area is 103 Å². The second-order valence-electron chi connectivity index (χ2n) is 4.46. The molecule has 0 radical (unpaired) electrons. The van der Waals surface area contributed by atoms with Gasteiger partial charge in [0.2, 0.25) is 0 Å². The minimum Gasteiger partial charge on any atom is -0.388 e. The van der Waals surface area contributed by atoms with E-state index in [0.29, 0.717) is 13.0 Å². The van der Waals surface area contributed by atoms with Gasteiger partial charge < -0.3 is 10.4 Å². The molecule has 0 spiro atoms. The van der Waals surface area contributed by atoms with Crippen LogP contribution < -0.4 is 5.32 Å². The second-order valence-corrected chi connectivity index (χ2v) is 5.37. The Morgan fingerprint density at radius 2 is 2.25 bits per heavy atom. The number of aliphatic hydroxyl groups is 1. The van der Waals surface area contributed by atoms with Gasteiger partial charge >= 0.3 is 0 Å². The Bertz CT molecular complexity index is 357. The first kappa shape index (κ1) is 12.0. The monoisotopic (exact) mass is 287 g/mol. The molecule has 1 aliphatic heterocycles. The fourth-order valence-electron chi connectivity index (χ4n) is 2.20. The quantitative estimate of drug-likeness (QED) is 0.875. The molecule has 4 heteroatoms. The van der Waals surface area contributed by atoms with Crippen molar-refractivity contribution in [2.75, 3.05) is 13.1 Å². The third kappa shape index (κ3) is 3.03. The molecule has 1 unspecified atom stereocenters. The van der Waals surface area contributed by atoms with Crippen molar-refractivity contribution in [1.29, 1.82) is 0 Å². The van der Waals surface area contributed by atoms with Crippen molar-refractivity contribution >= 4 is 15.9 Å². The first-order valence-corrected chi connectivity index (χ1v) is 6.25. The van der Waals surface area contributed by atoms with Crippen molar-refractivity contribution in [3.05, 3.63) is 34.1 Å². The molecule has 2 rings (SSSR count). The summed E-state index contributed by atoms with van der Waals surface area (Å²) in [7, 11) is 0. The van der Waals surface area contributed by atoms with Gasteiger partial charge in [0.1, 0.15) is 5.82 Å². The van der Waals surface area contributed by atoms with Gasteiger partial charge in [-0.3, -0.25) is 0 Å². The lowest BCUT2D eigenvalue weighted by molar-refractivity contribution is 0.0169. The third-order valence-corrected chi connectivity index (χ3v) is 3.36. The first-order chi connectivity index (χ1) is 7.57. The number of β-amino-alcohol motifs (C(OH)–C–C–N with tert-alkyl or cyclic N) is 1. The number of hydrogen-bond acceptors (Lipinski definition) is 2. The van der Waals surface area contributed by atoms with Crippen molar-refractivity contribution < 1.29 is 9.50 Å². The highest BCUT2D eigenvalue weighted by Crippen LogP contribution is 2.23. The van der Waals surface area contributed by atoms with Crippen molar-refractivity contribution in [3.63, 3.8) is 0 Å². The molecule has 1 atom stereocenters. The fraction of sp³-hybridized carbons (Fsp3) is 0.500. The van der Waals surface area contributed by atoms with Gasteiger partial charge in [-0.25, -0.2) is 4.39 Å². The molecule has 0 bridgehead atoms. The first-order valence-electron chi connectivity index (χ1n) is 5.45. The molecular formula is C12H15BrFNO. The fourth-order valence-corrected chi connectivity index (χ4v) is 2.71. The largest absolute Gasteiger partial charge is 0.388 e. The van der Waals surface area contributed by atoms with E-state index in [1.807, 2.05) is 6.07 Å². The van der Waals surface area contributed by atoms with Crippen LogP contribution in [-0.4, -0.2) is 23.8 Å². The van der Waals surface area contributed by atoms with Crippen LogP contribution in [0, 0.1) is 5.82 Å². The molecule has 1 aliphatic rings. The maximum Gasteiger partial charge on any atom is 0.124 e. The summed E-state index contributed by atoms with van der Waals surface area (Å²) in [4.78, 5) is 0. The summed E-state index contributed by atoms with van der Waals surface area (Å²) < 4.78 is 13.9. The van der Waals surface area contributed by atoms with Crippen LogP contribution in [0.3, 0.4) is 0 Å². The zero-order valence-corrected chi connectivity index (χ0v) is 10.6. The maximum absolute atomic E-state index is 13.2. The van der Waals surface area contributed by atoms with E-state index in [1.165, 1.54) is 12.1 Å². The molecule has 88 valence electrons. The van der Waals surface area contributed by atoms with E-state index in [0.717, 1.165) is 29.4 Å². The summed E-state index contributed by atoms with van der Waals surface area (Å²) in [6, 6.07) is 4.76. The lowest BCUT2D eigenvalue weighted by Gasteiger charge is -2.32. The predicted molar refractivity (Wildman–Crippen MR) is 64.9 cm³/mol. The standard InChI is InChI=1S/C12H15BrFNO/c13-10-4-9(5-11(14)6-10)7-12(16)2-1-3-15-8-12/h4-6,15-16H,1-3,7-8H2. The third-order valence-electron chi connectivity index (χ3n) is 2.91. The van der Waals surface area contributed by atoms with Crippen LogP contribution in [0.25, 0.3) is 0 Å². The van der Waals surface area contributed by atoms with Crippen LogP contribution in [-0.2, 0) is 6.42 Å². The highest BCUT2D eigenvalue weighted by molar-refractivity contribution is 9.10. The summed E-state index contributed by atoms with van der Waals surface area (Å²) in [5.74, 6) is -0.267. The number of benzene rings is 1. The Morgan fingerprint density at radius 3 is 2.88 bits per heavy atom. The van der Waals surface area contributed by atoms with Crippen molar-refractivity contribution in [1.82, 2.24) is 5.32 Å². The molecule has 1 aromatic carbocycles. The van der Waals surface area contributed by atoms with Gasteiger partial charge in [0.25, 0.3) is 0 Å². The van der Waals surface area contributed by atoms with Crippen LogP contribution >= 0.6 is 15.9 Å². The molecule has 0 saturated carbocycles. The van der Waals surface area contributed by atoms with Gasteiger partial charge in [0.15, 0.2) is 0 Å². The number of nitrogens with one attached hydrogen (secondary N) is 1. The van der Waals surface area contributed by atoms with Crippen LogP contribution in [0.4, 0.5) is 4.39 Å². The summed E-state index contributed by atoms with van der Waals surface area (Å²) >= 11 is 3.26. The zero-order chi connectivity index (χ0) is 11.6. The average Bonchev–Trinajstić information content (AvgIpc) is 2.15. The average molecular weight is 288 g/mol. The Kier molecular flexibility index (Phi) is 3.62. The van der Waals surface area contributed by atoms with E-state index in [2.05, 4.69) is 21.2 Å². The molecule has 1 saturated heterocycles. The molecule has 0 aromatic heterocycles. The summed E-state index contributed by atoms with van der Waals surface area (Å²) in [5, 5.41) is 13.5. The molecule has 1 heterocycles. The number of hydrogen-bond donors (Lipinski definition) is 2. The molecule has 0 amide bonds. The van der Waals surface area contributed by atoms with Crippen molar-refractivity contribution in [2.45, 2.75) is 24.9 Å². The molecule has 2 N–H and O–H groups in total. The van der Waals surface area contributed by atoms with Gasteiger partial charge in [0, 0.05) is 17.4 Å². The summed E-state index contributed by atoms with van der Waals surface area (Å²) in [6.45, 7) is 1.54. The SMILES string of the molecule is OC1(Cc2cc(F)cc(Br)c2)CCCNC1. The molecule has 1 fully saturated rings. The van der Waals surface area contributed by atoms with Gasteiger partial charge in [-0.1, -0.05) is 15.9 Å². The van der Waals surface area contributed by atoms with Crippen LogP contribution in [0.5, 0.6) is 0 Å². The van der Waals surface area contributed by atoms with Gasteiger partial charge in [0.05, 0.1) is 5.60 Å². The molecule has 2 nitrogen and oxygen atoms in total. The van der Waals surface area contributed by atoms with E-state index in [-0.39, 0.29) is 5.82 Å². The normalized spacial score (nSPS) is 25.7. The highest BCUT2D eigenvalue weighted by atomic mass is 79.9.